The van der Waals surface area contributed by atoms with Crippen molar-refractivity contribution in [3.63, 3.8) is 0 Å². The van der Waals surface area contributed by atoms with Gasteiger partial charge in [-0.1, -0.05) is 18.7 Å². The molecule has 0 aliphatic heterocycles. The number of methoxy groups -OCH3 is 1. The average molecular weight is 242 g/mol. The van der Waals surface area contributed by atoms with E-state index in [0.717, 1.165) is 6.29 Å². The van der Waals surface area contributed by atoms with Crippen LogP contribution >= 0.6 is 0 Å². The van der Waals surface area contributed by atoms with E-state index in [9.17, 15) is 4.79 Å². The molecule has 0 amide bonds. The van der Waals surface area contributed by atoms with Gasteiger partial charge in [-0.2, -0.15) is 0 Å². The van der Waals surface area contributed by atoms with Crippen molar-refractivity contribution >= 4 is 6.29 Å². The summed E-state index contributed by atoms with van der Waals surface area (Å²) >= 11 is 0. The van der Waals surface area contributed by atoms with Crippen molar-refractivity contribution in [3.05, 3.63) is 66.6 Å². The first-order valence-corrected chi connectivity index (χ1v) is 5.29. The lowest BCUT2D eigenvalue weighted by Gasteiger charge is -2.07. The maximum atomic E-state index is 10.7. The van der Waals surface area contributed by atoms with Crippen molar-refractivity contribution in [2.24, 2.45) is 0 Å². The lowest BCUT2D eigenvalue weighted by Crippen LogP contribution is -1.91. The Morgan fingerprint density at radius 1 is 1.22 bits per heavy atom. The number of rotatable bonds is 6. The van der Waals surface area contributed by atoms with Crippen molar-refractivity contribution < 1.29 is 14.3 Å². The Bertz CT molecular complexity index is 506. The minimum atomic E-state index is 0.492. The Labute approximate surface area is 106 Å². The van der Waals surface area contributed by atoms with Gasteiger partial charge in [0.05, 0.1) is 13.4 Å². The Morgan fingerprint density at radius 3 is 2.72 bits per heavy atom. The van der Waals surface area contributed by atoms with Gasteiger partial charge in [0.15, 0.2) is 11.5 Å². The molecule has 1 rings (SSSR count). The fraction of sp³-hybridized carbons (Fsp3) is 0.0667. The van der Waals surface area contributed by atoms with Gasteiger partial charge in [-0.15, -0.1) is 5.73 Å². The molecular formula is C15H14O3. The number of hydrogen-bond donors (Lipinski definition) is 0. The highest BCUT2D eigenvalue weighted by Crippen LogP contribution is 2.27. The summed E-state index contributed by atoms with van der Waals surface area (Å²) in [7, 11) is 1.54. The predicted octanol–water partition coefficient (Wildman–Crippen LogP) is 3.30. The highest BCUT2D eigenvalue weighted by atomic mass is 16.5. The number of ether oxygens (including phenoxy) is 2. The second-order valence-corrected chi connectivity index (χ2v) is 3.23. The van der Waals surface area contributed by atoms with Crippen LogP contribution in [0.4, 0.5) is 0 Å². The zero-order valence-electron chi connectivity index (χ0n) is 10.1. The SMILES string of the molecule is C=C=C/C=C/C=C\Oc1cc(C=O)ccc1OC. The van der Waals surface area contributed by atoms with Gasteiger partial charge in [0.1, 0.15) is 6.29 Å². The Balaban J connectivity index is 2.76. The largest absolute Gasteiger partial charge is 0.493 e. The Kier molecular flexibility index (Phi) is 5.81. The molecule has 1 aromatic rings. The summed E-state index contributed by atoms with van der Waals surface area (Å²) < 4.78 is 10.5. The van der Waals surface area contributed by atoms with E-state index in [4.69, 9.17) is 9.47 Å². The molecular weight excluding hydrogens is 228 g/mol. The molecule has 92 valence electrons. The number of carbonyl (C=O) groups is 1. The Morgan fingerprint density at radius 2 is 2.06 bits per heavy atom. The maximum absolute atomic E-state index is 10.7. The third-order valence-electron chi connectivity index (χ3n) is 2.03. The van der Waals surface area contributed by atoms with Crippen LogP contribution in [0.3, 0.4) is 0 Å². The summed E-state index contributed by atoms with van der Waals surface area (Å²) in [6, 6.07) is 4.96. The normalized spacial score (nSPS) is 10.3. The summed E-state index contributed by atoms with van der Waals surface area (Å²) in [4.78, 5) is 10.7. The molecule has 0 unspecified atom stereocenters. The molecule has 0 atom stereocenters. The van der Waals surface area contributed by atoms with Crippen LogP contribution in [0.5, 0.6) is 11.5 Å². The maximum Gasteiger partial charge on any atom is 0.169 e. The smallest absolute Gasteiger partial charge is 0.169 e. The van der Waals surface area contributed by atoms with Crippen LogP contribution in [0.1, 0.15) is 10.4 Å². The summed E-state index contributed by atoms with van der Waals surface area (Å²) in [5.41, 5.74) is 3.15. The molecule has 0 N–H and O–H groups in total. The lowest BCUT2D eigenvalue weighted by atomic mass is 10.2. The second-order valence-electron chi connectivity index (χ2n) is 3.23. The zero-order chi connectivity index (χ0) is 13.2. The van der Waals surface area contributed by atoms with E-state index < -0.39 is 0 Å². The monoisotopic (exact) mass is 242 g/mol. The standard InChI is InChI=1S/C15H14O3/c1-3-4-5-6-7-10-18-15-11-13(12-16)8-9-14(15)17-2/h4-12H,1H2,2H3/b6-5+,10-7-. The van der Waals surface area contributed by atoms with Crippen molar-refractivity contribution in [1.82, 2.24) is 0 Å². The minimum absolute atomic E-state index is 0.492. The molecule has 3 nitrogen and oxygen atoms in total. The van der Waals surface area contributed by atoms with Crippen LogP contribution in [0.2, 0.25) is 0 Å². The third-order valence-corrected chi connectivity index (χ3v) is 2.03. The minimum Gasteiger partial charge on any atom is -0.493 e. The lowest BCUT2D eigenvalue weighted by molar-refractivity contribution is 0.112. The number of aldehydes is 1. The number of hydrogen-bond acceptors (Lipinski definition) is 3. The van der Waals surface area contributed by atoms with Gasteiger partial charge < -0.3 is 9.47 Å². The molecule has 0 saturated heterocycles. The van der Waals surface area contributed by atoms with Crippen LogP contribution in [0.15, 0.2) is 61.1 Å². The molecule has 0 radical (unpaired) electrons. The fourth-order valence-corrected chi connectivity index (χ4v) is 1.20. The molecule has 0 fully saturated rings. The van der Waals surface area contributed by atoms with Crippen molar-refractivity contribution in [1.29, 1.82) is 0 Å². The molecule has 3 heteroatoms. The first-order valence-electron chi connectivity index (χ1n) is 5.29. The third kappa shape index (κ3) is 4.16. The van der Waals surface area contributed by atoms with Crippen LogP contribution < -0.4 is 9.47 Å². The van der Waals surface area contributed by atoms with Gasteiger partial charge >= 0.3 is 0 Å². The molecule has 0 heterocycles. The number of benzene rings is 1. The number of allylic oxidation sites excluding steroid dienone is 4. The molecule has 0 saturated carbocycles. The highest BCUT2D eigenvalue weighted by molar-refractivity contribution is 5.76. The molecule has 0 aromatic heterocycles. The summed E-state index contributed by atoms with van der Waals surface area (Å²) in [5.74, 6) is 1.06. The van der Waals surface area contributed by atoms with Crippen LogP contribution in [0, 0.1) is 0 Å². The van der Waals surface area contributed by atoms with Crippen LogP contribution in [0.25, 0.3) is 0 Å². The van der Waals surface area contributed by atoms with Crippen LogP contribution in [-0.4, -0.2) is 13.4 Å². The van der Waals surface area contributed by atoms with Crippen molar-refractivity contribution in [2.75, 3.05) is 7.11 Å². The molecule has 1 aromatic carbocycles. The Hall–Kier alpha value is -2.51. The summed E-state index contributed by atoms with van der Waals surface area (Å²) in [5, 5.41) is 0. The van der Waals surface area contributed by atoms with E-state index in [1.165, 1.54) is 6.26 Å². The van der Waals surface area contributed by atoms with E-state index in [1.807, 2.05) is 0 Å². The molecule has 0 spiro atoms. The zero-order valence-corrected chi connectivity index (χ0v) is 10.1. The first kappa shape index (κ1) is 13.6. The van der Waals surface area contributed by atoms with Crippen LogP contribution in [-0.2, 0) is 0 Å². The van der Waals surface area contributed by atoms with Gasteiger partial charge in [-0.3, -0.25) is 4.79 Å². The molecule has 0 aliphatic carbocycles. The fourth-order valence-electron chi connectivity index (χ4n) is 1.20. The van der Waals surface area contributed by atoms with E-state index in [0.29, 0.717) is 17.1 Å². The topological polar surface area (TPSA) is 35.5 Å². The van der Waals surface area contributed by atoms with Gasteiger partial charge in [0, 0.05) is 5.56 Å². The van der Waals surface area contributed by atoms with Gasteiger partial charge in [0.25, 0.3) is 0 Å². The predicted molar refractivity (Wildman–Crippen MR) is 71.0 cm³/mol. The average Bonchev–Trinajstić information content (AvgIpc) is 2.42. The first-order chi connectivity index (χ1) is 8.81. The molecule has 0 bridgehead atoms. The molecule has 18 heavy (non-hydrogen) atoms. The summed E-state index contributed by atoms with van der Waals surface area (Å²) in [6.45, 7) is 3.43. The summed E-state index contributed by atoms with van der Waals surface area (Å²) in [6.07, 6.45) is 9.18. The second kappa shape index (κ2) is 7.71. The van der Waals surface area contributed by atoms with Gasteiger partial charge in [0.2, 0.25) is 0 Å². The van der Waals surface area contributed by atoms with E-state index in [1.54, 1.807) is 49.6 Å². The highest BCUT2D eigenvalue weighted by Gasteiger charge is 2.03. The quantitative estimate of drug-likeness (QED) is 0.332. The molecule has 0 aliphatic rings. The van der Waals surface area contributed by atoms with E-state index in [2.05, 4.69) is 12.3 Å². The van der Waals surface area contributed by atoms with Gasteiger partial charge in [-0.05, 0) is 30.4 Å². The van der Waals surface area contributed by atoms with E-state index in [-0.39, 0.29) is 0 Å². The van der Waals surface area contributed by atoms with Gasteiger partial charge in [-0.25, -0.2) is 0 Å². The number of carbonyl (C=O) groups excluding carboxylic acids is 1. The van der Waals surface area contributed by atoms with E-state index >= 15 is 0 Å². The van der Waals surface area contributed by atoms with Crippen molar-refractivity contribution in [2.45, 2.75) is 0 Å². The van der Waals surface area contributed by atoms with Crippen molar-refractivity contribution in [3.8, 4) is 11.5 Å².